The fraction of sp³-hybridized carbons (Fsp3) is 0.480. The molecule has 0 bridgehead atoms. The zero-order valence-electron chi connectivity index (χ0n) is 20.9. The van der Waals surface area contributed by atoms with Crippen LogP contribution < -0.4 is 25.2 Å². The lowest BCUT2D eigenvalue weighted by atomic mass is 10.2. The number of anilines is 1. The van der Waals surface area contributed by atoms with E-state index in [4.69, 9.17) is 9.47 Å². The number of nitrogens with zero attached hydrogens (tertiary/aromatic N) is 6. The maximum atomic E-state index is 12.8. The summed E-state index contributed by atoms with van der Waals surface area (Å²) in [5, 5.41) is 3.44. The molecule has 4 rings (SSSR count). The van der Waals surface area contributed by atoms with Gasteiger partial charge in [-0.1, -0.05) is 0 Å². The number of methoxy groups -OCH3 is 2. The molecule has 2 aromatic heterocycles. The standard InChI is InChI=1S/C25H33N7O4/c1-35-21-16-19-20(17-22(21)36-2)29-18-32(24(19)34)11-3-6-23(33)26-9-5-10-30-12-14-31(15-13-30)25-27-7-4-8-28-25/h4,7-8,16-18H,3,5-6,9-15H2,1-2H3,(H,26,33). The van der Waals surface area contributed by atoms with Gasteiger partial charge in [0, 0.05) is 64.1 Å². The van der Waals surface area contributed by atoms with Crippen molar-refractivity contribution >= 4 is 22.8 Å². The number of ether oxygens (including phenoxy) is 2. The van der Waals surface area contributed by atoms with Crippen molar-refractivity contribution in [2.75, 3.05) is 58.4 Å². The summed E-state index contributed by atoms with van der Waals surface area (Å²) in [4.78, 5) is 42.7. The molecule has 192 valence electrons. The predicted octanol–water partition coefficient (Wildman–Crippen LogP) is 1.31. The summed E-state index contributed by atoms with van der Waals surface area (Å²) in [5.41, 5.74) is 0.377. The summed E-state index contributed by atoms with van der Waals surface area (Å²) in [6.07, 6.45) is 6.85. The van der Waals surface area contributed by atoms with Gasteiger partial charge in [0.1, 0.15) is 0 Å². The minimum absolute atomic E-state index is 0.00533. The average molecular weight is 496 g/mol. The van der Waals surface area contributed by atoms with Gasteiger partial charge in [-0.2, -0.15) is 0 Å². The molecular formula is C25H33N7O4. The Morgan fingerprint density at radius 3 is 2.42 bits per heavy atom. The van der Waals surface area contributed by atoms with Crippen LogP contribution in [0.25, 0.3) is 10.9 Å². The number of amides is 1. The second-order valence-electron chi connectivity index (χ2n) is 8.65. The molecule has 1 aliphatic heterocycles. The Morgan fingerprint density at radius 1 is 0.972 bits per heavy atom. The van der Waals surface area contributed by atoms with Gasteiger partial charge in [-0.25, -0.2) is 15.0 Å². The largest absolute Gasteiger partial charge is 0.493 e. The summed E-state index contributed by atoms with van der Waals surface area (Å²) in [5.74, 6) is 1.78. The van der Waals surface area contributed by atoms with Gasteiger partial charge in [-0.15, -0.1) is 0 Å². The Morgan fingerprint density at radius 2 is 1.69 bits per heavy atom. The number of piperazine rings is 1. The highest BCUT2D eigenvalue weighted by Gasteiger charge is 2.18. The molecule has 0 unspecified atom stereocenters. The summed E-state index contributed by atoms with van der Waals surface area (Å²) in [7, 11) is 3.07. The summed E-state index contributed by atoms with van der Waals surface area (Å²) < 4.78 is 12.1. The first-order chi connectivity index (χ1) is 17.6. The molecule has 11 nitrogen and oxygen atoms in total. The highest BCUT2D eigenvalue weighted by Crippen LogP contribution is 2.29. The highest BCUT2D eigenvalue weighted by atomic mass is 16.5. The van der Waals surface area contributed by atoms with Crippen molar-refractivity contribution < 1.29 is 14.3 Å². The quantitative estimate of drug-likeness (QED) is 0.393. The van der Waals surface area contributed by atoms with Crippen LogP contribution in [0, 0.1) is 0 Å². The van der Waals surface area contributed by atoms with E-state index in [9.17, 15) is 9.59 Å². The Labute approximate surface area is 210 Å². The van der Waals surface area contributed by atoms with Crippen molar-refractivity contribution in [3.63, 3.8) is 0 Å². The summed E-state index contributed by atoms with van der Waals surface area (Å²) in [6.45, 7) is 5.72. The Bertz CT molecular complexity index is 1210. The third-order valence-corrected chi connectivity index (χ3v) is 6.31. The first-order valence-electron chi connectivity index (χ1n) is 12.2. The second-order valence-corrected chi connectivity index (χ2v) is 8.65. The summed E-state index contributed by atoms with van der Waals surface area (Å²) >= 11 is 0. The Balaban J connectivity index is 1.15. The molecular weight excluding hydrogens is 462 g/mol. The van der Waals surface area contributed by atoms with Crippen molar-refractivity contribution in [3.8, 4) is 11.5 Å². The molecule has 1 amide bonds. The zero-order chi connectivity index (χ0) is 25.3. The van der Waals surface area contributed by atoms with Crippen molar-refractivity contribution in [2.24, 2.45) is 0 Å². The lowest BCUT2D eigenvalue weighted by Crippen LogP contribution is -2.47. The van der Waals surface area contributed by atoms with E-state index >= 15 is 0 Å². The van der Waals surface area contributed by atoms with E-state index in [0.717, 1.165) is 45.1 Å². The van der Waals surface area contributed by atoms with Gasteiger partial charge in [0.05, 0.1) is 31.4 Å². The number of hydrogen-bond acceptors (Lipinski definition) is 9. The van der Waals surface area contributed by atoms with Crippen molar-refractivity contribution in [3.05, 3.63) is 47.3 Å². The maximum absolute atomic E-state index is 12.8. The molecule has 1 aliphatic rings. The number of benzene rings is 1. The van der Waals surface area contributed by atoms with Crippen LogP contribution >= 0.6 is 0 Å². The van der Waals surface area contributed by atoms with Gasteiger partial charge in [-0.3, -0.25) is 19.1 Å². The number of carbonyl (C=O) groups excluding carboxylic acids is 1. The van der Waals surface area contributed by atoms with E-state index in [1.807, 2.05) is 6.07 Å². The first-order valence-corrected chi connectivity index (χ1v) is 12.2. The van der Waals surface area contributed by atoms with Crippen LogP contribution in [0.3, 0.4) is 0 Å². The van der Waals surface area contributed by atoms with E-state index < -0.39 is 0 Å². The number of fused-ring (bicyclic) bond motifs is 1. The van der Waals surface area contributed by atoms with Gasteiger partial charge >= 0.3 is 0 Å². The van der Waals surface area contributed by atoms with Gasteiger partial charge in [-0.05, 0) is 31.5 Å². The van der Waals surface area contributed by atoms with Crippen LogP contribution in [0.5, 0.6) is 11.5 Å². The SMILES string of the molecule is COc1cc2ncn(CCCC(=O)NCCCN3CCN(c4ncccn4)CC3)c(=O)c2cc1OC. The van der Waals surface area contributed by atoms with Crippen LogP contribution in [-0.4, -0.2) is 83.8 Å². The van der Waals surface area contributed by atoms with Gasteiger partial charge in [0.15, 0.2) is 11.5 Å². The smallest absolute Gasteiger partial charge is 0.261 e. The van der Waals surface area contributed by atoms with Crippen molar-refractivity contribution in [1.82, 2.24) is 29.7 Å². The van der Waals surface area contributed by atoms with Crippen LogP contribution in [0.1, 0.15) is 19.3 Å². The number of aromatic nitrogens is 4. The number of nitrogens with one attached hydrogen (secondary N) is 1. The molecule has 0 atom stereocenters. The minimum atomic E-state index is -0.166. The van der Waals surface area contributed by atoms with E-state index in [0.29, 0.717) is 48.3 Å². The molecule has 1 saturated heterocycles. The lowest BCUT2D eigenvalue weighted by molar-refractivity contribution is -0.121. The Kier molecular flexibility index (Phi) is 8.66. The first kappa shape index (κ1) is 25.4. The molecule has 3 heterocycles. The van der Waals surface area contributed by atoms with Crippen LogP contribution in [-0.2, 0) is 11.3 Å². The molecule has 0 saturated carbocycles. The van der Waals surface area contributed by atoms with Crippen LogP contribution in [0.2, 0.25) is 0 Å². The van der Waals surface area contributed by atoms with E-state index in [2.05, 4.69) is 30.1 Å². The molecule has 3 aromatic rings. The predicted molar refractivity (Wildman–Crippen MR) is 137 cm³/mol. The fourth-order valence-electron chi connectivity index (χ4n) is 4.30. The third kappa shape index (κ3) is 6.28. The van der Waals surface area contributed by atoms with Crippen LogP contribution in [0.15, 0.2) is 41.7 Å². The van der Waals surface area contributed by atoms with Crippen LogP contribution in [0.4, 0.5) is 5.95 Å². The maximum Gasteiger partial charge on any atom is 0.261 e. The van der Waals surface area contributed by atoms with E-state index in [1.165, 1.54) is 18.0 Å². The normalized spacial score (nSPS) is 14.1. The molecule has 0 radical (unpaired) electrons. The van der Waals surface area contributed by atoms with Gasteiger partial charge in [0.25, 0.3) is 5.56 Å². The molecule has 1 aromatic carbocycles. The number of aryl methyl sites for hydroxylation is 1. The second kappa shape index (κ2) is 12.3. The number of rotatable bonds is 11. The number of hydrogen-bond donors (Lipinski definition) is 1. The van der Waals surface area contributed by atoms with Crippen molar-refractivity contribution in [1.29, 1.82) is 0 Å². The lowest BCUT2D eigenvalue weighted by Gasteiger charge is -2.34. The van der Waals surface area contributed by atoms with Crippen molar-refractivity contribution in [2.45, 2.75) is 25.8 Å². The fourth-order valence-corrected chi connectivity index (χ4v) is 4.30. The molecule has 36 heavy (non-hydrogen) atoms. The molecule has 0 spiro atoms. The number of carbonyl (C=O) groups is 1. The van der Waals surface area contributed by atoms with Gasteiger partial charge < -0.3 is 19.7 Å². The Hall–Kier alpha value is -3.73. The topological polar surface area (TPSA) is 115 Å². The molecule has 1 fully saturated rings. The third-order valence-electron chi connectivity index (χ3n) is 6.31. The summed E-state index contributed by atoms with van der Waals surface area (Å²) in [6, 6.07) is 5.15. The monoisotopic (exact) mass is 495 g/mol. The molecule has 0 aliphatic carbocycles. The molecule has 1 N–H and O–H groups in total. The zero-order valence-corrected chi connectivity index (χ0v) is 20.9. The molecule has 11 heteroatoms. The van der Waals surface area contributed by atoms with Gasteiger partial charge in [0.2, 0.25) is 11.9 Å². The van der Waals surface area contributed by atoms with E-state index in [1.54, 1.807) is 31.6 Å². The highest BCUT2D eigenvalue weighted by molar-refractivity contribution is 5.81. The average Bonchev–Trinajstić information content (AvgIpc) is 2.92. The minimum Gasteiger partial charge on any atom is -0.493 e. The van der Waals surface area contributed by atoms with E-state index in [-0.39, 0.29) is 11.5 Å².